The molecular weight excluding hydrogens is 186 g/mol. The Morgan fingerprint density at radius 1 is 1.29 bits per heavy atom. The summed E-state index contributed by atoms with van der Waals surface area (Å²) < 4.78 is 26.5. The van der Waals surface area contributed by atoms with Gasteiger partial charge in [0.15, 0.2) is 5.78 Å². The molecule has 0 amide bonds. The molecule has 0 N–H and O–H groups in total. The Labute approximate surface area is 80.7 Å². The van der Waals surface area contributed by atoms with Crippen LogP contribution in [0.1, 0.15) is 34.8 Å². The van der Waals surface area contributed by atoms with Gasteiger partial charge in [0.25, 0.3) is 0 Å². The van der Waals surface area contributed by atoms with E-state index in [1.54, 1.807) is 6.92 Å². The Hall–Kier alpha value is -1.25. The lowest BCUT2D eigenvalue weighted by Gasteiger charge is -2.07. The van der Waals surface area contributed by atoms with Gasteiger partial charge in [-0.2, -0.15) is 0 Å². The van der Waals surface area contributed by atoms with E-state index in [1.165, 1.54) is 0 Å². The zero-order valence-corrected chi connectivity index (χ0v) is 7.86. The van der Waals surface area contributed by atoms with E-state index in [-0.39, 0.29) is 5.78 Å². The van der Waals surface area contributed by atoms with Gasteiger partial charge in [-0.15, -0.1) is 0 Å². The summed E-state index contributed by atoms with van der Waals surface area (Å²) >= 11 is 0. The van der Waals surface area contributed by atoms with Gasteiger partial charge in [-0.25, -0.2) is 8.78 Å². The number of ketones is 1. The highest BCUT2D eigenvalue weighted by Crippen LogP contribution is 2.30. The van der Waals surface area contributed by atoms with E-state index in [1.807, 2.05) is 0 Å². The molecule has 0 aromatic heterocycles. The number of rotatable bonds is 1. The third-order valence-electron chi connectivity index (χ3n) is 2.67. The molecule has 0 saturated heterocycles. The molecular formula is C11H10F2O. The van der Waals surface area contributed by atoms with Crippen LogP contribution in [0, 0.1) is 11.6 Å². The van der Waals surface area contributed by atoms with Gasteiger partial charge >= 0.3 is 0 Å². The predicted octanol–water partition coefficient (Wildman–Crippen LogP) is 2.66. The molecule has 0 aliphatic heterocycles. The van der Waals surface area contributed by atoms with Crippen molar-refractivity contribution < 1.29 is 13.6 Å². The summed E-state index contributed by atoms with van der Waals surface area (Å²) in [5.41, 5.74) is 1.06. The van der Waals surface area contributed by atoms with Crippen LogP contribution >= 0.6 is 0 Å². The number of carbonyl (C=O) groups excluding carboxylic acids is 1. The summed E-state index contributed by atoms with van der Waals surface area (Å²) in [5.74, 6) is -1.31. The normalized spacial score (nSPS) is 14.6. The second-order valence-electron chi connectivity index (χ2n) is 3.45. The first-order valence-electron chi connectivity index (χ1n) is 4.68. The first-order chi connectivity index (χ1) is 6.65. The number of benzene rings is 1. The summed E-state index contributed by atoms with van der Waals surface area (Å²) in [4.78, 5) is 11.4. The first kappa shape index (κ1) is 9.31. The maximum Gasteiger partial charge on any atom is 0.163 e. The van der Waals surface area contributed by atoms with Crippen molar-refractivity contribution in [3.05, 3.63) is 34.4 Å². The number of Topliss-reactive ketones (excluding diaryl/α,β-unsaturated/α-hetero) is 1. The van der Waals surface area contributed by atoms with Gasteiger partial charge in [-0.05, 0) is 24.0 Å². The van der Waals surface area contributed by atoms with E-state index in [2.05, 4.69) is 0 Å². The van der Waals surface area contributed by atoms with Crippen LogP contribution in [0.3, 0.4) is 0 Å². The van der Waals surface area contributed by atoms with Crippen LogP contribution in [0.15, 0.2) is 6.07 Å². The highest BCUT2D eigenvalue weighted by molar-refractivity contribution is 6.01. The van der Waals surface area contributed by atoms with Gasteiger partial charge in [-0.1, -0.05) is 6.92 Å². The minimum atomic E-state index is -0.598. The number of carbonyl (C=O) groups is 1. The van der Waals surface area contributed by atoms with Gasteiger partial charge in [0.05, 0.1) is 0 Å². The Morgan fingerprint density at radius 3 is 2.64 bits per heavy atom. The van der Waals surface area contributed by atoms with Crippen LogP contribution in [-0.2, 0) is 12.8 Å². The predicted molar refractivity (Wildman–Crippen MR) is 48.4 cm³/mol. The van der Waals surface area contributed by atoms with Gasteiger partial charge in [0.1, 0.15) is 11.6 Å². The van der Waals surface area contributed by atoms with Crippen molar-refractivity contribution in [1.82, 2.24) is 0 Å². The average Bonchev–Trinajstić information content (AvgIpc) is 2.50. The van der Waals surface area contributed by atoms with Gasteiger partial charge in [-0.3, -0.25) is 4.79 Å². The molecule has 2 rings (SSSR count). The second-order valence-corrected chi connectivity index (χ2v) is 3.45. The molecule has 0 bridgehead atoms. The Morgan fingerprint density at radius 2 is 2.00 bits per heavy atom. The Bertz CT molecular complexity index is 410. The van der Waals surface area contributed by atoms with Crippen LogP contribution in [0.2, 0.25) is 0 Å². The molecule has 0 saturated carbocycles. The van der Waals surface area contributed by atoms with E-state index < -0.39 is 11.6 Å². The molecule has 1 nitrogen and oxygen atoms in total. The van der Waals surface area contributed by atoms with E-state index in [9.17, 15) is 13.6 Å². The monoisotopic (exact) mass is 196 g/mol. The molecule has 74 valence electrons. The van der Waals surface area contributed by atoms with Crippen LogP contribution in [-0.4, -0.2) is 5.78 Å². The summed E-state index contributed by atoms with van der Waals surface area (Å²) in [5, 5.41) is 0. The third-order valence-corrected chi connectivity index (χ3v) is 2.67. The lowest BCUT2D eigenvalue weighted by atomic mass is 10.00. The number of hydrogen-bond donors (Lipinski definition) is 0. The van der Waals surface area contributed by atoms with Gasteiger partial charge in [0.2, 0.25) is 0 Å². The fourth-order valence-electron chi connectivity index (χ4n) is 2.00. The highest BCUT2D eigenvalue weighted by atomic mass is 19.1. The van der Waals surface area contributed by atoms with Crippen LogP contribution in [0.5, 0.6) is 0 Å². The van der Waals surface area contributed by atoms with E-state index in [4.69, 9.17) is 0 Å². The van der Waals surface area contributed by atoms with Crippen molar-refractivity contribution in [2.75, 3.05) is 0 Å². The van der Waals surface area contributed by atoms with Crippen molar-refractivity contribution in [3.8, 4) is 0 Å². The maximum atomic E-state index is 13.3. The zero-order chi connectivity index (χ0) is 10.3. The summed E-state index contributed by atoms with van der Waals surface area (Å²) in [6, 6.07) is 0.885. The molecule has 1 aromatic rings. The Kier molecular flexibility index (Phi) is 2.10. The molecule has 1 aromatic carbocycles. The van der Waals surface area contributed by atoms with Crippen LogP contribution in [0.25, 0.3) is 0 Å². The van der Waals surface area contributed by atoms with E-state index in [0.717, 1.165) is 6.07 Å². The molecule has 0 heterocycles. The van der Waals surface area contributed by atoms with E-state index in [0.29, 0.717) is 36.0 Å². The fourth-order valence-corrected chi connectivity index (χ4v) is 2.00. The third kappa shape index (κ3) is 1.15. The molecule has 0 fully saturated rings. The quantitative estimate of drug-likeness (QED) is 0.674. The minimum absolute atomic E-state index is 0.129. The number of fused-ring (bicyclic) bond motifs is 1. The van der Waals surface area contributed by atoms with Crippen LogP contribution < -0.4 is 0 Å². The van der Waals surface area contributed by atoms with Crippen molar-refractivity contribution >= 4 is 5.78 Å². The van der Waals surface area contributed by atoms with Gasteiger partial charge in [0, 0.05) is 18.1 Å². The van der Waals surface area contributed by atoms with E-state index >= 15 is 0 Å². The SMILES string of the molecule is CCc1c(F)cc(F)c2c1C(=O)CC2. The maximum absolute atomic E-state index is 13.3. The molecule has 0 unspecified atom stereocenters. The van der Waals surface area contributed by atoms with Crippen molar-refractivity contribution in [3.63, 3.8) is 0 Å². The number of halogens is 2. The highest BCUT2D eigenvalue weighted by Gasteiger charge is 2.27. The minimum Gasteiger partial charge on any atom is -0.294 e. The van der Waals surface area contributed by atoms with Crippen molar-refractivity contribution in [1.29, 1.82) is 0 Å². The lowest BCUT2D eigenvalue weighted by molar-refractivity contribution is 0.0993. The topological polar surface area (TPSA) is 17.1 Å². The lowest BCUT2D eigenvalue weighted by Crippen LogP contribution is -2.03. The molecule has 3 heteroatoms. The summed E-state index contributed by atoms with van der Waals surface area (Å²) in [6.45, 7) is 1.77. The van der Waals surface area contributed by atoms with Crippen molar-refractivity contribution in [2.45, 2.75) is 26.2 Å². The zero-order valence-electron chi connectivity index (χ0n) is 7.86. The second kappa shape index (κ2) is 3.15. The fraction of sp³-hybridized carbons (Fsp3) is 0.364. The molecule has 1 aliphatic rings. The van der Waals surface area contributed by atoms with Crippen LogP contribution in [0.4, 0.5) is 8.78 Å². The molecule has 14 heavy (non-hydrogen) atoms. The standard InChI is InChI=1S/C11H10F2O/c1-2-6-8(12)5-9(13)7-3-4-10(14)11(6)7/h5H,2-4H2,1H3. The first-order valence-corrected chi connectivity index (χ1v) is 4.68. The molecule has 0 atom stereocenters. The summed E-state index contributed by atoms with van der Waals surface area (Å²) in [6.07, 6.45) is 1.15. The summed E-state index contributed by atoms with van der Waals surface area (Å²) in [7, 11) is 0. The average molecular weight is 196 g/mol. The number of hydrogen-bond acceptors (Lipinski definition) is 1. The van der Waals surface area contributed by atoms with Gasteiger partial charge < -0.3 is 0 Å². The largest absolute Gasteiger partial charge is 0.294 e. The smallest absolute Gasteiger partial charge is 0.163 e. The molecule has 1 aliphatic carbocycles. The Balaban J connectivity index is 2.74. The van der Waals surface area contributed by atoms with Crippen molar-refractivity contribution in [2.24, 2.45) is 0 Å². The molecule has 0 radical (unpaired) electrons. The molecule has 0 spiro atoms.